The highest BCUT2D eigenvalue weighted by Gasteiger charge is 2.30. The van der Waals surface area contributed by atoms with Gasteiger partial charge < -0.3 is 5.73 Å². The van der Waals surface area contributed by atoms with Crippen molar-refractivity contribution in [1.82, 2.24) is 9.88 Å². The predicted octanol–water partition coefficient (Wildman–Crippen LogP) is 2.68. The zero-order valence-corrected chi connectivity index (χ0v) is 11.7. The van der Waals surface area contributed by atoms with Crippen molar-refractivity contribution in [3.63, 3.8) is 0 Å². The number of halogens is 1. The molecule has 3 nitrogen and oxygen atoms in total. The second-order valence-corrected chi connectivity index (χ2v) is 5.37. The molecule has 2 unspecified atom stereocenters. The maximum absolute atomic E-state index is 6.14. The molecule has 1 aromatic rings. The van der Waals surface area contributed by atoms with Crippen LogP contribution in [0.15, 0.2) is 18.3 Å². The largest absolute Gasteiger partial charge is 0.330 e. The van der Waals surface area contributed by atoms with Gasteiger partial charge in [-0.3, -0.25) is 4.90 Å². The Kier molecular flexibility index (Phi) is 4.98. The van der Waals surface area contributed by atoms with Crippen molar-refractivity contribution >= 4 is 11.6 Å². The van der Waals surface area contributed by atoms with Gasteiger partial charge in [-0.05, 0) is 37.9 Å². The first-order valence-electron chi connectivity index (χ1n) is 6.79. The summed E-state index contributed by atoms with van der Waals surface area (Å²) in [4.78, 5) is 6.64. The highest BCUT2D eigenvalue weighted by atomic mass is 35.5. The fourth-order valence-electron chi connectivity index (χ4n) is 2.99. The first-order valence-corrected chi connectivity index (χ1v) is 7.17. The van der Waals surface area contributed by atoms with Crippen LogP contribution in [-0.4, -0.2) is 29.0 Å². The third-order valence-corrected chi connectivity index (χ3v) is 4.35. The minimum atomic E-state index is 0.608. The monoisotopic (exact) mass is 267 g/mol. The van der Waals surface area contributed by atoms with Crippen LogP contribution in [0.2, 0.25) is 5.15 Å². The van der Waals surface area contributed by atoms with Crippen molar-refractivity contribution in [2.45, 2.75) is 38.8 Å². The molecule has 0 saturated heterocycles. The average Bonchev–Trinajstić information content (AvgIpc) is 2.86. The Labute approximate surface area is 114 Å². The van der Waals surface area contributed by atoms with E-state index in [9.17, 15) is 0 Å². The summed E-state index contributed by atoms with van der Waals surface area (Å²) in [6.45, 7) is 4.91. The fourth-order valence-corrected chi connectivity index (χ4v) is 3.17. The number of nitrogens with two attached hydrogens (primary N) is 1. The Morgan fingerprint density at radius 1 is 1.50 bits per heavy atom. The van der Waals surface area contributed by atoms with Gasteiger partial charge in [0.2, 0.25) is 0 Å². The smallest absolute Gasteiger partial charge is 0.133 e. The van der Waals surface area contributed by atoms with Gasteiger partial charge in [-0.1, -0.05) is 31.0 Å². The molecule has 1 aromatic heterocycles. The summed E-state index contributed by atoms with van der Waals surface area (Å²) < 4.78 is 0. The molecule has 1 aliphatic carbocycles. The van der Waals surface area contributed by atoms with Crippen molar-refractivity contribution in [3.05, 3.63) is 29.0 Å². The van der Waals surface area contributed by atoms with Crippen molar-refractivity contribution in [2.75, 3.05) is 13.1 Å². The molecule has 2 atom stereocenters. The molecule has 2 rings (SSSR count). The lowest BCUT2D eigenvalue weighted by Crippen LogP contribution is -2.39. The molecular formula is C14H22ClN3. The third kappa shape index (κ3) is 3.02. The molecule has 100 valence electrons. The third-order valence-electron chi connectivity index (χ3n) is 4.01. The Morgan fingerprint density at radius 2 is 2.33 bits per heavy atom. The van der Waals surface area contributed by atoms with Gasteiger partial charge in [0.05, 0.1) is 0 Å². The van der Waals surface area contributed by atoms with Crippen LogP contribution in [0, 0.1) is 5.92 Å². The molecule has 0 radical (unpaired) electrons. The van der Waals surface area contributed by atoms with Crippen LogP contribution >= 0.6 is 11.6 Å². The van der Waals surface area contributed by atoms with E-state index < -0.39 is 0 Å². The van der Waals surface area contributed by atoms with Crippen LogP contribution in [0.4, 0.5) is 0 Å². The summed E-state index contributed by atoms with van der Waals surface area (Å²) in [6, 6.07) is 4.62. The van der Waals surface area contributed by atoms with Gasteiger partial charge in [-0.2, -0.15) is 0 Å². The predicted molar refractivity (Wildman–Crippen MR) is 75.5 cm³/mol. The molecule has 1 heterocycles. The summed E-state index contributed by atoms with van der Waals surface area (Å²) in [5.41, 5.74) is 6.99. The van der Waals surface area contributed by atoms with Gasteiger partial charge in [0.1, 0.15) is 5.15 Å². The van der Waals surface area contributed by atoms with E-state index in [1.165, 1.54) is 19.3 Å². The molecule has 0 aliphatic heterocycles. The maximum atomic E-state index is 6.14. The second-order valence-electron chi connectivity index (χ2n) is 5.01. The minimum Gasteiger partial charge on any atom is -0.330 e. The molecule has 4 heteroatoms. The second kappa shape index (κ2) is 6.50. The summed E-state index contributed by atoms with van der Waals surface area (Å²) >= 11 is 6.14. The highest BCUT2D eigenvalue weighted by Crippen LogP contribution is 2.30. The van der Waals surface area contributed by atoms with E-state index in [-0.39, 0.29) is 0 Å². The number of aromatic nitrogens is 1. The Balaban J connectivity index is 2.07. The molecule has 2 N–H and O–H groups in total. The van der Waals surface area contributed by atoms with E-state index in [0.717, 1.165) is 25.2 Å². The fraction of sp³-hybridized carbons (Fsp3) is 0.643. The normalized spacial score (nSPS) is 23.8. The van der Waals surface area contributed by atoms with E-state index in [1.807, 2.05) is 6.07 Å². The van der Waals surface area contributed by atoms with E-state index in [4.69, 9.17) is 17.3 Å². The van der Waals surface area contributed by atoms with E-state index in [1.54, 1.807) is 6.20 Å². The number of rotatable bonds is 5. The minimum absolute atomic E-state index is 0.608. The van der Waals surface area contributed by atoms with Crippen LogP contribution in [0.1, 0.15) is 31.7 Å². The maximum Gasteiger partial charge on any atom is 0.133 e. The molecule has 0 spiro atoms. The molecule has 1 aliphatic rings. The number of nitrogens with zero attached hydrogens (tertiary/aromatic N) is 2. The van der Waals surface area contributed by atoms with Gasteiger partial charge in [-0.25, -0.2) is 4.98 Å². The molecule has 0 aromatic carbocycles. The van der Waals surface area contributed by atoms with Crippen LogP contribution in [0.3, 0.4) is 0 Å². The van der Waals surface area contributed by atoms with Crippen molar-refractivity contribution in [2.24, 2.45) is 11.7 Å². The Bertz CT molecular complexity index is 383. The van der Waals surface area contributed by atoms with Gasteiger partial charge in [0.25, 0.3) is 0 Å². The lowest BCUT2D eigenvalue weighted by atomic mass is 10.0. The molecule has 0 amide bonds. The highest BCUT2D eigenvalue weighted by molar-refractivity contribution is 6.30. The van der Waals surface area contributed by atoms with Crippen LogP contribution in [-0.2, 0) is 6.54 Å². The van der Waals surface area contributed by atoms with Crippen LogP contribution in [0.25, 0.3) is 0 Å². The van der Waals surface area contributed by atoms with E-state index in [2.05, 4.69) is 22.9 Å². The van der Waals surface area contributed by atoms with Gasteiger partial charge in [0, 0.05) is 24.3 Å². The zero-order valence-electron chi connectivity index (χ0n) is 11.0. The molecule has 18 heavy (non-hydrogen) atoms. The molecule has 1 fully saturated rings. The van der Waals surface area contributed by atoms with E-state index in [0.29, 0.717) is 17.1 Å². The van der Waals surface area contributed by atoms with Gasteiger partial charge >= 0.3 is 0 Å². The first-order chi connectivity index (χ1) is 8.76. The van der Waals surface area contributed by atoms with Crippen molar-refractivity contribution in [3.8, 4) is 0 Å². The summed E-state index contributed by atoms with van der Waals surface area (Å²) in [7, 11) is 0. The topological polar surface area (TPSA) is 42.2 Å². The van der Waals surface area contributed by atoms with Crippen LogP contribution < -0.4 is 5.73 Å². The van der Waals surface area contributed by atoms with Gasteiger partial charge in [0.15, 0.2) is 0 Å². The Hall–Kier alpha value is -0.640. The lowest BCUT2D eigenvalue weighted by molar-refractivity contribution is 0.162. The number of hydrogen-bond acceptors (Lipinski definition) is 3. The Morgan fingerprint density at radius 3 is 3.00 bits per heavy atom. The van der Waals surface area contributed by atoms with Gasteiger partial charge in [-0.15, -0.1) is 0 Å². The number of hydrogen-bond donors (Lipinski definition) is 1. The van der Waals surface area contributed by atoms with Crippen molar-refractivity contribution < 1.29 is 0 Å². The number of pyridine rings is 1. The quantitative estimate of drug-likeness (QED) is 0.834. The standard InChI is InChI=1S/C14H22ClN3/c1-2-18(13-7-3-5-11(13)9-16)10-12-6-4-8-17-14(12)15/h4,6,8,11,13H,2-3,5,7,9-10,16H2,1H3. The van der Waals surface area contributed by atoms with Crippen molar-refractivity contribution in [1.29, 1.82) is 0 Å². The van der Waals surface area contributed by atoms with Crippen LogP contribution in [0.5, 0.6) is 0 Å². The summed E-state index contributed by atoms with van der Waals surface area (Å²) in [5, 5.41) is 0.623. The zero-order chi connectivity index (χ0) is 13.0. The molecular weight excluding hydrogens is 246 g/mol. The summed E-state index contributed by atoms with van der Waals surface area (Å²) in [6.07, 6.45) is 5.55. The van der Waals surface area contributed by atoms with E-state index >= 15 is 0 Å². The average molecular weight is 268 g/mol. The molecule has 0 bridgehead atoms. The lowest BCUT2D eigenvalue weighted by Gasteiger charge is -2.31. The summed E-state index contributed by atoms with van der Waals surface area (Å²) in [5.74, 6) is 0.639. The molecule has 1 saturated carbocycles. The SMILES string of the molecule is CCN(Cc1cccnc1Cl)C1CCCC1CN. The first kappa shape index (κ1) is 13.8.